The number of aromatic amines is 1. The van der Waals surface area contributed by atoms with Gasteiger partial charge in [0, 0.05) is 6.07 Å². The first-order valence-corrected chi connectivity index (χ1v) is 3.99. The third-order valence-electron chi connectivity index (χ3n) is 1.73. The van der Waals surface area contributed by atoms with Gasteiger partial charge in [-0.2, -0.15) is 0 Å². The van der Waals surface area contributed by atoms with Crippen LogP contribution in [0.15, 0.2) is 18.3 Å². The van der Waals surface area contributed by atoms with E-state index in [1.807, 2.05) is 25.3 Å². The number of hydrogen-bond donors (Lipinski definition) is 0. The predicted molar refractivity (Wildman–Crippen MR) is 46.0 cm³/mol. The fraction of sp³-hybridized carbons (Fsp3) is 0.333. The molecule has 0 unspecified atom stereocenters. The minimum absolute atomic E-state index is 0.112. The van der Waals surface area contributed by atoms with Gasteiger partial charge in [0.05, 0.1) is 19.2 Å². The summed E-state index contributed by atoms with van der Waals surface area (Å²) in [6.45, 7) is 1.85. The summed E-state index contributed by atoms with van der Waals surface area (Å²) >= 11 is 0. The largest absolute Gasteiger partial charge is 0.546 e. The van der Waals surface area contributed by atoms with E-state index in [4.69, 9.17) is 0 Å². The maximum absolute atomic E-state index is 10.3. The molecule has 4 nitrogen and oxygen atoms in total. The topological polar surface area (TPSA) is 57.5 Å². The summed E-state index contributed by atoms with van der Waals surface area (Å²) in [4.78, 5) is 14.8. The third-order valence-corrected chi connectivity index (χ3v) is 1.73. The number of carbonyl (C=O) groups is 1. The zero-order chi connectivity index (χ0) is 9.84. The molecule has 0 bridgehead atoms. The Morgan fingerprint density at radius 2 is 2.31 bits per heavy atom. The Bertz CT molecular complexity index is 295. The molecule has 0 aliphatic heterocycles. The Morgan fingerprint density at radius 1 is 1.62 bits per heavy atom. The number of aryl methyl sites for hydroxylation is 1. The number of rotatable bonds is 3. The van der Waals surface area contributed by atoms with E-state index in [0.29, 0.717) is 0 Å². The summed E-state index contributed by atoms with van der Waals surface area (Å²) in [6.07, 6.45) is 1.82. The molecule has 1 aromatic heterocycles. The molecule has 70 valence electrons. The van der Waals surface area contributed by atoms with Gasteiger partial charge in [0.15, 0.2) is 0 Å². The van der Waals surface area contributed by atoms with Gasteiger partial charge in [0.25, 0.3) is 5.82 Å². The van der Waals surface area contributed by atoms with Crippen molar-refractivity contribution < 1.29 is 14.9 Å². The molecular weight excluding hydrogens is 168 g/mol. The van der Waals surface area contributed by atoms with Crippen molar-refractivity contribution in [2.75, 3.05) is 18.5 Å². The second-order valence-corrected chi connectivity index (χ2v) is 2.98. The third kappa shape index (κ3) is 2.74. The summed E-state index contributed by atoms with van der Waals surface area (Å²) in [7, 11) is 1.69. The van der Waals surface area contributed by atoms with E-state index in [0.717, 1.165) is 11.4 Å². The Balaban J connectivity index is 2.71. The summed E-state index contributed by atoms with van der Waals surface area (Å²) in [5.74, 6) is -0.328. The normalized spacial score (nSPS) is 9.69. The molecule has 1 heterocycles. The van der Waals surface area contributed by atoms with Crippen molar-refractivity contribution in [3.8, 4) is 0 Å². The number of aliphatic carboxylic acids is 1. The fourth-order valence-corrected chi connectivity index (χ4v) is 1.01. The highest BCUT2D eigenvalue weighted by molar-refractivity contribution is 5.70. The van der Waals surface area contributed by atoms with Crippen molar-refractivity contribution in [2.24, 2.45) is 0 Å². The maximum atomic E-state index is 10.3. The molecule has 0 radical (unpaired) electrons. The van der Waals surface area contributed by atoms with Gasteiger partial charge in [0.1, 0.15) is 6.54 Å². The molecule has 0 fully saturated rings. The van der Waals surface area contributed by atoms with Crippen molar-refractivity contribution in [1.82, 2.24) is 0 Å². The van der Waals surface area contributed by atoms with E-state index in [-0.39, 0.29) is 6.54 Å². The van der Waals surface area contributed by atoms with Crippen LogP contribution < -0.4 is 15.0 Å². The molecular formula is C9H12N2O2. The highest BCUT2D eigenvalue weighted by Crippen LogP contribution is 2.03. The second kappa shape index (κ2) is 3.89. The molecule has 0 atom stereocenters. The molecule has 13 heavy (non-hydrogen) atoms. The first kappa shape index (κ1) is 9.51. The summed E-state index contributed by atoms with van der Waals surface area (Å²) in [5.41, 5.74) is 1.10. The van der Waals surface area contributed by atoms with Gasteiger partial charge in [-0.15, -0.1) is 0 Å². The van der Waals surface area contributed by atoms with Crippen LogP contribution in [0.2, 0.25) is 0 Å². The van der Waals surface area contributed by atoms with Crippen LogP contribution in [-0.2, 0) is 4.79 Å². The molecule has 0 aliphatic rings. The fourth-order valence-electron chi connectivity index (χ4n) is 1.01. The van der Waals surface area contributed by atoms with Crippen LogP contribution in [0.1, 0.15) is 5.56 Å². The van der Waals surface area contributed by atoms with Crippen molar-refractivity contribution in [3.63, 3.8) is 0 Å². The van der Waals surface area contributed by atoms with Crippen molar-refractivity contribution in [1.29, 1.82) is 0 Å². The average Bonchev–Trinajstić information content (AvgIpc) is 2.04. The van der Waals surface area contributed by atoms with Crippen LogP contribution in [0.3, 0.4) is 0 Å². The molecule has 0 amide bonds. The highest BCUT2D eigenvalue weighted by Gasteiger charge is 2.08. The number of carboxylic acids is 1. The minimum atomic E-state index is -1.09. The van der Waals surface area contributed by atoms with E-state index < -0.39 is 5.97 Å². The van der Waals surface area contributed by atoms with Gasteiger partial charge in [-0.1, -0.05) is 0 Å². The van der Waals surface area contributed by atoms with Crippen LogP contribution in [0, 0.1) is 6.92 Å². The van der Waals surface area contributed by atoms with Crippen LogP contribution in [0.5, 0.6) is 0 Å². The lowest BCUT2D eigenvalue weighted by molar-refractivity contribution is -0.365. The number of hydrogen-bond acceptors (Lipinski definition) is 3. The van der Waals surface area contributed by atoms with Gasteiger partial charge < -0.3 is 9.90 Å². The Hall–Kier alpha value is -1.58. The van der Waals surface area contributed by atoms with E-state index in [1.54, 1.807) is 11.9 Å². The predicted octanol–water partition coefficient (Wildman–Crippen LogP) is -1.00. The van der Waals surface area contributed by atoms with Gasteiger partial charge in [0.2, 0.25) is 0 Å². The molecule has 0 saturated heterocycles. The number of H-pyrrole nitrogens is 1. The molecule has 0 spiro atoms. The van der Waals surface area contributed by atoms with E-state index in [2.05, 4.69) is 4.98 Å². The minimum Gasteiger partial charge on any atom is -0.546 e. The highest BCUT2D eigenvalue weighted by atomic mass is 16.4. The van der Waals surface area contributed by atoms with E-state index in [1.165, 1.54) is 0 Å². The first-order valence-electron chi connectivity index (χ1n) is 3.99. The smallest absolute Gasteiger partial charge is 0.274 e. The van der Waals surface area contributed by atoms with E-state index in [9.17, 15) is 9.90 Å². The van der Waals surface area contributed by atoms with Gasteiger partial charge >= 0.3 is 0 Å². The number of nitrogens with zero attached hydrogens (tertiary/aromatic N) is 1. The number of carbonyl (C=O) groups excluding carboxylic acids is 1. The van der Waals surface area contributed by atoms with Crippen molar-refractivity contribution in [3.05, 3.63) is 23.9 Å². The maximum Gasteiger partial charge on any atom is 0.274 e. The van der Waals surface area contributed by atoms with Crippen molar-refractivity contribution in [2.45, 2.75) is 6.92 Å². The molecule has 1 rings (SSSR count). The number of nitrogens with one attached hydrogen (secondary N) is 1. The number of anilines is 1. The Morgan fingerprint density at radius 3 is 2.77 bits per heavy atom. The van der Waals surface area contributed by atoms with Gasteiger partial charge in [-0.05, 0) is 18.6 Å². The Labute approximate surface area is 76.8 Å². The molecule has 4 heteroatoms. The molecule has 0 aromatic carbocycles. The van der Waals surface area contributed by atoms with Crippen molar-refractivity contribution >= 4 is 11.8 Å². The van der Waals surface area contributed by atoms with E-state index >= 15 is 0 Å². The average molecular weight is 180 g/mol. The molecule has 1 aromatic rings. The lowest BCUT2D eigenvalue weighted by Gasteiger charge is -2.10. The zero-order valence-corrected chi connectivity index (χ0v) is 7.70. The Kier molecular flexibility index (Phi) is 2.84. The summed E-state index contributed by atoms with van der Waals surface area (Å²) in [6, 6.07) is 3.75. The monoisotopic (exact) mass is 180 g/mol. The van der Waals surface area contributed by atoms with Crippen LogP contribution in [0.25, 0.3) is 0 Å². The van der Waals surface area contributed by atoms with Crippen LogP contribution in [0.4, 0.5) is 5.82 Å². The van der Waals surface area contributed by atoms with Gasteiger partial charge in [-0.3, -0.25) is 4.90 Å². The zero-order valence-electron chi connectivity index (χ0n) is 7.70. The quantitative estimate of drug-likeness (QED) is 0.599. The number of aromatic nitrogens is 1. The lowest BCUT2D eigenvalue weighted by Crippen LogP contribution is -2.38. The number of pyridine rings is 1. The van der Waals surface area contributed by atoms with Gasteiger partial charge in [-0.25, -0.2) is 4.98 Å². The summed E-state index contributed by atoms with van der Waals surface area (Å²) in [5, 5.41) is 10.3. The molecule has 0 saturated carbocycles. The standard InChI is InChI=1S/C9H12N2O2/c1-7-3-4-8(10-5-7)11(2)6-9(12)13/h3-5H,6H2,1-2H3,(H,12,13). The SMILES string of the molecule is Cc1ccc(N(C)CC(=O)[O-])[nH+]c1. The first-order chi connectivity index (χ1) is 6.09. The molecule has 1 N–H and O–H groups in total. The van der Waals surface area contributed by atoms with Crippen LogP contribution >= 0.6 is 0 Å². The molecule has 0 aliphatic carbocycles. The number of carboxylic acid groups (broad SMARTS) is 1. The summed E-state index contributed by atoms with van der Waals surface area (Å²) < 4.78 is 0. The number of likely N-dealkylation sites (N-methyl/N-ethyl adjacent to an activating group) is 1. The lowest BCUT2D eigenvalue weighted by atomic mass is 10.3. The van der Waals surface area contributed by atoms with Crippen LogP contribution in [-0.4, -0.2) is 19.6 Å². The second-order valence-electron chi connectivity index (χ2n) is 2.98.